The molecule has 7 N–H and O–H groups in total. The number of imidazole rings is 2. The van der Waals surface area contributed by atoms with Gasteiger partial charge >= 0.3 is 15.2 Å². The van der Waals surface area contributed by atoms with Crippen LogP contribution in [0.1, 0.15) is 11.1 Å². The molecule has 4 aromatic rings. The quantitative estimate of drug-likeness (QED) is 0.136. The number of nitrogens with zero attached hydrogens (tertiary/aromatic N) is 4. The van der Waals surface area contributed by atoms with Crippen LogP contribution in [0.4, 0.5) is 0 Å². The highest BCUT2D eigenvalue weighted by molar-refractivity contribution is 7.74. The molecule has 15 nitrogen and oxygen atoms in total. The van der Waals surface area contributed by atoms with Crippen LogP contribution >= 0.6 is 29.9 Å². The van der Waals surface area contributed by atoms with E-state index in [0.717, 1.165) is 24.5 Å². The zero-order valence-corrected chi connectivity index (χ0v) is 26.0. The van der Waals surface area contributed by atoms with Gasteiger partial charge in [0.25, 0.3) is 5.08 Å². The Morgan fingerprint density at radius 3 is 1.98 bits per heavy atom. The van der Waals surface area contributed by atoms with Crippen molar-refractivity contribution in [1.82, 2.24) is 19.1 Å². The monoisotopic (exact) mass is 652 g/mol. The molecule has 0 aliphatic rings. The van der Waals surface area contributed by atoms with Gasteiger partial charge < -0.3 is 43.6 Å². The number of aryl methyl sites for hydroxylation is 2. The molecule has 0 amide bonds. The van der Waals surface area contributed by atoms with Crippen LogP contribution < -0.4 is 0 Å². The summed E-state index contributed by atoms with van der Waals surface area (Å²) in [6.07, 6.45) is 2.69. The minimum absolute atomic E-state index is 0.254. The van der Waals surface area contributed by atoms with E-state index in [2.05, 4.69) is 9.97 Å². The molecule has 4 rings (SSSR count). The lowest BCUT2D eigenvalue weighted by Crippen LogP contribution is -2.33. The molecule has 41 heavy (non-hydrogen) atoms. The van der Waals surface area contributed by atoms with E-state index in [9.17, 15) is 52.7 Å². The molecule has 0 saturated carbocycles. The van der Waals surface area contributed by atoms with Crippen molar-refractivity contribution in [3.63, 3.8) is 0 Å². The molecule has 0 fully saturated rings. The first-order valence-electron chi connectivity index (χ1n) is 11.8. The predicted octanol–water partition coefficient (Wildman–Crippen LogP) is 2.82. The van der Waals surface area contributed by atoms with E-state index in [1.165, 1.54) is 21.8 Å². The van der Waals surface area contributed by atoms with Crippen LogP contribution in [-0.2, 0) is 31.3 Å². The van der Waals surface area contributed by atoms with Gasteiger partial charge in [0.1, 0.15) is 0 Å². The van der Waals surface area contributed by atoms with Gasteiger partial charge in [0, 0.05) is 19.9 Å². The third-order valence-corrected chi connectivity index (χ3v) is 15.3. The van der Waals surface area contributed by atoms with Crippen molar-refractivity contribution in [2.24, 2.45) is 0 Å². The minimum Gasteiger partial charge on any atom is -0.368 e. The van der Waals surface area contributed by atoms with Crippen LogP contribution in [0, 0.1) is 13.8 Å². The van der Waals surface area contributed by atoms with Crippen molar-refractivity contribution >= 4 is 52.0 Å². The van der Waals surface area contributed by atoms with Crippen LogP contribution in [0.25, 0.3) is 22.1 Å². The fourth-order valence-corrected chi connectivity index (χ4v) is 9.93. The highest BCUT2D eigenvalue weighted by Crippen LogP contribution is 2.68. The summed E-state index contributed by atoms with van der Waals surface area (Å²) in [7, 11) is -18.4. The Hall–Kier alpha value is -1.98. The predicted molar refractivity (Wildman–Crippen MR) is 153 cm³/mol. The number of aromatic nitrogens is 4. The third kappa shape index (κ3) is 7.33. The molecular weight excluding hydrogens is 620 g/mol. The van der Waals surface area contributed by atoms with Crippen LogP contribution in [0.5, 0.6) is 0 Å². The normalized spacial score (nSPS) is 17.7. The molecule has 226 valence electrons. The average molecular weight is 652 g/mol. The molecule has 0 aliphatic carbocycles. The smallest absolute Gasteiger partial charge is 0.368 e. The first-order chi connectivity index (χ1) is 18.6. The molecule has 0 radical (unpaired) electrons. The van der Waals surface area contributed by atoms with Gasteiger partial charge in [0.05, 0.1) is 41.3 Å². The van der Waals surface area contributed by atoms with Gasteiger partial charge in [-0.15, -0.1) is 0 Å². The fraction of sp³-hybridized carbons (Fsp3) is 0.364. The van der Waals surface area contributed by atoms with E-state index in [4.69, 9.17) is 0 Å². The van der Waals surface area contributed by atoms with E-state index in [-0.39, 0.29) is 6.54 Å². The maximum absolute atomic E-state index is 11.8. The number of hydrogen-bond donors (Lipinski definition) is 7. The topological polar surface area (TPSA) is 246 Å². The molecule has 0 saturated heterocycles. The average Bonchev–Trinajstić information content (AvgIpc) is 3.39. The first kappa shape index (κ1) is 33.5. The summed E-state index contributed by atoms with van der Waals surface area (Å²) in [6.45, 7) is 4.36. The standard InChI is InChI=1S/C11H16N2O6P2.C11H16N2O5P2/c1-8-3-4-9-10(5-8)13(7-12-9)6-11(14,20(2,15)16)21(17,18)19;1-8-4-3-5-9-11(8)13(7-12-9)6-10(19(2,14)15)20(16,17)18/h3-5,7,14H,6H2,1-2H3,(H,15,16)(H2,17,18,19);3-5,7,10H,6H2,1-2H3,(H,14,15)(H2,16,17,18). The number of aliphatic hydroxyl groups is 1. The Kier molecular flexibility index (Phi) is 9.48. The highest BCUT2D eigenvalue weighted by atomic mass is 31.2. The van der Waals surface area contributed by atoms with Crippen LogP contribution in [0.2, 0.25) is 0 Å². The molecule has 2 aromatic carbocycles. The summed E-state index contributed by atoms with van der Waals surface area (Å²) in [5.41, 5.74) is 4.21. The maximum atomic E-state index is 11.8. The lowest BCUT2D eigenvalue weighted by atomic mass is 10.2. The highest BCUT2D eigenvalue weighted by Gasteiger charge is 2.57. The van der Waals surface area contributed by atoms with Crippen molar-refractivity contribution in [2.45, 2.75) is 37.4 Å². The summed E-state index contributed by atoms with van der Waals surface area (Å²) in [5.74, 6) is 0. The molecule has 2 aromatic heterocycles. The first-order valence-corrected chi connectivity index (χ1v) is 19.4. The largest absolute Gasteiger partial charge is 0.368 e. The van der Waals surface area contributed by atoms with Crippen molar-refractivity contribution in [2.75, 3.05) is 13.3 Å². The zero-order chi connectivity index (χ0) is 31.2. The molecule has 0 aliphatic heterocycles. The molecule has 0 bridgehead atoms. The number of benzene rings is 2. The van der Waals surface area contributed by atoms with Crippen LogP contribution in [-0.4, -0.2) is 77.4 Å². The Morgan fingerprint density at radius 2 is 1.44 bits per heavy atom. The third-order valence-electron chi connectivity index (χ3n) is 6.43. The molecule has 2 heterocycles. The Labute approximate surface area is 234 Å². The van der Waals surface area contributed by atoms with Gasteiger partial charge in [0.15, 0.2) is 5.40 Å². The molecule has 4 unspecified atom stereocenters. The number of rotatable bonds is 8. The van der Waals surface area contributed by atoms with Crippen molar-refractivity contribution in [3.05, 3.63) is 60.2 Å². The van der Waals surface area contributed by atoms with Crippen LogP contribution in [0.15, 0.2) is 49.1 Å². The summed E-state index contributed by atoms with van der Waals surface area (Å²) in [6, 6.07) is 10.7. The van der Waals surface area contributed by atoms with Gasteiger partial charge in [-0.25, -0.2) is 9.97 Å². The molecular formula is C22H32N4O11P4. The van der Waals surface area contributed by atoms with E-state index in [1.54, 1.807) is 18.2 Å². The lowest BCUT2D eigenvalue weighted by molar-refractivity contribution is 0.134. The van der Waals surface area contributed by atoms with Gasteiger partial charge in [-0.3, -0.25) is 18.3 Å². The van der Waals surface area contributed by atoms with E-state index >= 15 is 0 Å². The summed E-state index contributed by atoms with van der Waals surface area (Å²) in [4.78, 5) is 64.5. The molecule has 0 spiro atoms. The summed E-state index contributed by atoms with van der Waals surface area (Å²) >= 11 is 0. The Bertz CT molecular complexity index is 1720. The summed E-state index contributed by atoms with van der Waals surface area (Å²) in [5, 5.41) is 5.47. The number of hydrogen-bond acceptors (Lipinski definition) is 7. The van der Waals surface area contributed by atoms with Gasteiger partial charge in [0.2, 0.25) is 14.7 Å². The Morgan fingerprint density at radius 1 is 0.854 bits per heavy atom. The SMILES string of the molecule is Cc1ccc2ncn(CC(O)(P(C)(=O)O)P(=O)(O)O)c2c1.Cc1cccc2ncn(CC(P(C)(=O)O)P(=O)(O)O)c12. The minimum atomic E-state index is -5.25. The molecule has 4 atom stereocenters. The maximum Gasteiger partial charge on any atom is 0.368 e. The fourth-order valence-electron chi connectivity index (χ4n) is 4.15. The van der Waals surface area contributed by atoms with Gasteiger partial charge in [-0.1, -0.05) is 18.2 Å². The lowest BCUT2D eigenvalue weighted by Gasteiger charge is -2.31. The van der Waals surface area contributed by atoms with Crippen LogP contribution in [0.3, 0.4) is 0 Å². The van der Waals surface area contributed by atoms with Gasteiger partial charge in [-0.2, -0.15) is 0 Å². The van der Waals surface area contributed by atoms with Crippen molar-refractivity contribution < 1.29 is 52.7 Å². The Balaban J connectivity index is 0.000000226. The van der Waals surface area contributed by atoms with Crippen molar-refractivity contribution in [1.29, 1.82) is 0 Å². The van der Waals surface area contributed by atoms with Gasteiger partial charge in [-0.05, 0) is 43.2 Å². The second-order valence-corrected chi connectivity index (χ2v) is 19.3. The van der Waals surface area contributed by atoms with E-state index in [0.29, 0.717) is 22.1 Å². The van der Waals surface area contributed by atoms with E-state index < -0.39 is 47.0 Å². The number of fused-ring (bicyclic) bond motifs is 2. The second-order valence-electron chi connectivity index (χ2n) is 9.91. The summed E-state index contributed by atoms with van der Waals surface area (Å²) < 4.78 is 49.3. The second kappa shape index (κ2) is 11.6. The molecule has 19 heteroatoms. The van der Waals surface area contributed by atoms with Crippen molar-refractivity contribution in [3.8, 4) is 0 Å². The zero-order valence-electron chi connectivity index (χ0n) is 22.5. The number of para-hydroxylation sites is 1. The van der Waals surface area contributed by atoms with E-state index in [1.807, 2.05) is 32.0 Å².